The molecule has 25 heavy (non-hydrogen) atoms. The van der Waals surface area contributed by atoms with E-state index in [2.05, 4.69) is 20.3 Å². The lowest BCUT2D eigenvalue weighted by Crippen LogP contribution is -2.44. The molecule has 1 saturated heterocycles. The number of rotatable bonds is 8. The SMILES string of the molecule is O=C(NCCCN1CCNCC1)c1cccc(S(=O)(=O)NC2CC2)c1. The summed E-state index contributed by atoms with van der Waals surface area (Å²) in [6, 6.07) is 6.26. The Morgan fingerprint density at radius 2 is 2.00 bits per heavy atom. The fourth-order valence-corrected chi connectivity index (χ4v) is 4.18. The molecule has 1 aromatic carbocycles. The predicted molar refractivity (Wildman–Crippen MR) is 96.0 cm³/mol. The molecule has 8 heteroatoms. The van der Waals surface area contributed by atoms with Gasteiger partial charge >= 0.3 is 0 Å². The molecule has 3 N–H and O–H groups in total. The molecule has 0 unspecified atom stereocenters. The molecule has 1 aliphatic heterocycles. The van der Waals surface area contributed by atoms with E-state index in [4.69, 9.17) is 0 Å². The lowest BCUT2D eigenvalue weighted by atomic mass is 10.2. The lowest BCUT2D eigenvalue weighted by molar-refractivity contribution is 0.0951. The van der Waals surface area contributed by atoms with E-state index in [-0.39, 0.29) is 16.8 Å². The maximum Gasteiger partial charge on any atom is 0.251 e. The molecule has 1 aromatic rings. The van der Waals surface area contributed by atoms with Crippen LogP contribution in [0.15, 0.2) is 29.2 Å². The third kappa shape index (κ3) is 5.50. The number of sulfonamides is 1. The van der Waals surface area contributed by atoms with Crippen molar-refractivity contribution in [1.82, 2.24) is 20.3 Å². The highest BCUT2D eigenvalue weighted by atomic mass is 32.2. The zero-order chi connectivity index (χ0) is 17.7. The summed E-state index contributed by atoms with van der Waals surface area (Å²) in [5, 5.41) is 6.19. The van der Waals surface area contributed by atoms with Gasteiger partial charge in [-0.1, -0.05) is 6.07 Å². The van der Waals surface area contributed by atoms with Crippen LogP contribution in [-0.2, 0) is 10.0 Å². The number of amides is 1. The molecule has 0 spiro atoms. The van der Waals surface area contributed by atoms with E-state index < -0.39 is 10.0 Å². The lowest BCUT2D eigenvalue weighted by Gasteiger charge is -2.27. The van der Waals surface area contributed by atoms with Crippen LogP contribution < -0.4 is 15.4 Å². The average Bonchev–Trinajstić information content (AvgIpc) is 3.43. The van der Waals surface area contributed by atoms with Gasteiger partial charge in [0.25, 0.3) is 5.91 Å². The highest BCUT2D eigenvalue weighted by molar-refractivity contribution is 7.89. The van der Waals surface area contributed by atoms with Crippen LogP contribution in [0.2, 0.25) is 0 Å². The first-order chi connectivity index (χ1) is 12.0. The van der Waals surface area contributed by atoms with Crippen molar-refractivity contribution in [1.29, 1.82) is 0 Å². The number of carbonyl (C=O) groups excluding carboxylic acids is 1. The van der Waals surface area contributed by atoms with Crippen LogP contribution in [-0.4, -0.2) is 64.5 Å². The Morgan fingerprint density at radius 1 is 1.24 bits per heavy atom. The minimum absolute atomic E-state index is 0.0486. The number of nitrogens with zero attached hydrogens (tertiary/aromatic N) is 1. The normalized spacial score (nSPS) is 18.9. The first-order valence-corrected chi connectivity index (χ1v) is 10.4. The van der Waals surface area contributed by atoms with E-state index in [1.807, 2.05) is 0 Å². The summed E-state index contributed by atoms with van der Waals surface area (Å²) < 4.78 is 27.1. The Morgan fingerprint density at radius 3 is 2.72 bits per heavy atom. The summed E-state index contributed by atoms with van der Waals surface area (Å²) in [5.74, 6) is -0.233. The summed E-state index contributed by atoms with van der Waals surface area (Å²) in [4.78, 5) is 14.8. The van der Waals surface area contributed by atoms with E-state index in [0.717, 1.165) is 52.0 Å². The van der Waals surface area contributed by atoms with Gasteiger partial charge in [-0.2, -0.15) is 0 Å². The van der Waals surface area contributed by atoms with Crippen molar-refractivity contribution in [2.45, 2.75) is 30.2 Å². The number of hydrogen-bond donors (Lipinski definition) is 3. The molecule has 7 nitrogen and oxygen atoms in total. The van der Waals surface area contributed by atoms with Crippen molar-refractivity contribution in [3.63, 3.8) is 0 Å². The first-order valence-electron chi connectivity index (χ1n) is 8.88. The van der Waals surface area contributed by atoms with Crippen LogP contribution in [0.4, 0.5) is 0 Å². The smallest absolute Gasteiger partial charge is 0.251 e. The molecule has 138 valence electrons. The number of hydrogen-bond acceptors (Lipinski definition) is 5. The van der Waals surface area contributed by atoms with E-state index in [0.29, 0.717) is 12.1 Å². The van der Waals surface area contributed by atoms with Gasteiger partial charge in [-0.15, -0.1) is 0 Å². The van der Waals surface area contributed by atoms with Gasteiger partial charge in [-0.3, -0.25) is 4.79 Å². The first kappa shape index (κ1) is 18.3. The molecule has 0 aromatic heterocycles. The Hall–Kier alpha value is -1.48. The molecule has 1 saturated carbocycles. The molecule has 0 bridgehead atoms. The summed E-state index contributed by atoms with van der Waals surface area (Å²) in [5.41, 5.74) is 0.376. The van der Waals surface area contributed by atoms with E-state index in [9.17, 15) is 13.2 Å². The maximum absolute atomic E-state index is 12.3. The van der Waals surface area contributed by atoms with Crippen molar-refractivity contribution in [3.05, 3.63) is 29.8 Å². The van der Waals surface area contributed by atoms with Gasteiger partial charge in [0.05, 0.1) is 4.90 Å². The van der Waals surface area contributed by atoms with Gasteiger partial charge < -0.3 is 15.5 Å². The van der Waals surface area contributed by atoms with Crippen LogP contribution in [0.5, 0.6) is 0 Å². The fourth-order valence-electron chi connectivity index (χ4n) is 2.83. The molecule has 2 fully saturated rings. The number of carbonyl (C=O) groups is 1. The van der Waals surface area contributed by atoms with Crippen LogP contribution >= 0.6 is 0 Å². The molecule has 1 aliphatic carbocycles. The molecular weight excluding hydrogens is 340 g/mol. The summed E-state index contributed by atoms with van der Waals surface area (Å²) in [6.07, 6.45) is 2.64. The van der Waals surface area contributed by atoms with Crippen molar-refractivity contribution < 1.29 is 13.2 Å². The molecule has 1 heterocycles. The molecule has 0 atom stereocenters. The fraction of sp³-hybridized carbons (Fsp3) is 0.588. The molecule has 1 amide bonds. The van der Waals surface area contributed by atoms with E-state index >= 15 is 0 Å². The van der Waals surface area contributed by atoms with Gasteiger partial charge in [0.1, 0.15) is 0 Å². The van der Waals surface area contributed by atoms with Crippen LogP contribution in [0, 0.1) is 0 Å². The van der Waals surface area contributed by atoms with Gasteiger partial charge in [0, 0.05) is 44.3 Å². The second kappa shape index (κ2) is 8.27. The van der Waals surface area contributed by atoms with Crippen LogP contribution in [0.25, 0.3) is 0 Å². The monoisotopic (exact) mass is 366 g/mol. The second-order valence-corrected chi connectivity index (χ2v) is 8.34. The summed E-state index contributed by atoms with van der Waals surface area (Å²) >= 11 is 0. The standard InChI is InChI=1S/C17H26N4O3S/c22-17(19-7-2-10-21-11-8-18-9-12-21)14-3-1-4-16(13-14)25(23,24)20-15-5-6-15/h1,3-4,13,15,18,20H,2,5-12H2,(H,19,22). The molecular formula is C17H26N4O3S. The number of nitrogens with one attached hydrogen (secondary N) is 3. The molecule has 0 radical (unpaired) electrons. The third-order valence-corrected chi connectivity index (χ3v) is 5.97. The quantitative estimate of drug-likeness (QED) is 0.570. The summed E-state index contributed by atoms with van der Waals surface area (Å²) in [7, 11) is -3.54. The van der Waals surface area contributed by atoms with Crippen LogP contribution in [0.3, 0.4) is 0 Å². The van der Waals surface area contributed by atoms with Crippen molar-refractivity contribution in [2.75, 3.05) is 39.3 Å². The average molecular weight is 366 g/mol. The second-order valence-electron chi connectivity index (χ2n) is 6.62. The Kier molecular flexibility index (Phi) is 6.06. The van der Waals surface area contributed by atoms with E-state index in [1.54, 1.807) is 12.1 Å². The van der Waals surface area contributed by atoms with Crippen molar-refractivity contribution >= 4 is 15.9 Å². The number of piperazine rings is 1. The van der Waals surface area contributed by atoms with Gasteiger partial charge in [-0.25, -0.2) is 13.1 Å². The zero-order valence-electron chi connectivity index (χ0n) is 14.3. The maximum atomic E-state index is 12.3. The topological polar surface area (TPSA) is 90.5 Å². The minimum atomic E-state index is -3.54. The van der Waals surface area contributed by atoms with Gasteiger partial charge in [0.15, 0.2) is 0 Å². The Bertz CT molecular complexity index is 698. The van der Waals surface area contributed by atoms with E-state index in [1.165, 1.54) is 12.1 Å². The van der Waals surface area contributed by atoms with Gasteiger partial charge in [0.2, 0.25) is 10.0 Å². The highest BCUT2D eigenvalue weighted by Crippen LogP contribution is 2.22. The Labute approximate surface area is 149 Å². The summed E-state index contributed by atoms with van der Waals surface area (Å²) in [6.45, 7) is 5.66. The van der Waals surface area contributed by atoms with Crippen molar-refractivity contribution in [3.8, 4) is 0 Å². The zero-order valence-corrected chi connectivity index (χ0v) is 15.1. The largest absolute Gasteiger partial charge is 0.352 e. The predicted octanol–water partition coefficient (Wildman–Crippen LogP) is 0.152. The number of benzene rings is 1. The van der Waals surface area contributed by atoms with Crippen LogP contribution in [0.1, 0.15) is 29.6 Å². The van der Waals surface area contributed by atoms with Crippen molar-refractivity contribution in [2.24, 2.45) is 0 Å². The molecule has 3 rings (SSSR count). The molecule has 2 aliphatic rings. The minimum Gasteiger partial charge on any atom is -0.352 e. The highest BCUT2D eigenvalue weighted by Gasteiger charge is 2.28. The van der Waals surface area contributed by atoms with Gasteiger partial charge in [-0.05, 0) is 44.0 Å². The Balaban J connectivity index is 1.49. The third-order valence-electron chi connectivity index (χ3n) is 4.45.